The first kappa shape index (κ1) is 18.4. The molecule has 28 heavy (non-hydrogen) atoms. The molecule has 3 aromatic rings. The lowest BCUT2D eigenvalue weighted by Gasteiger charge is -2.23. The molecule has 0 N–H and O–H groups in total. The minimum atomic E-state index is -0.510. The summed E-state index contributed by atoms with van der Waals surface area (Å²) in [5.41, 5.74) is 5.85. The molecule has 0 spiro atoms. The Morgan fingerprint density at radius 2 is 2.00 bits per heavy atom. The molecule has 0 fully saturated rings. The number of hydrogen-bond acceptors (Lipinski definition) is 6. The van der Waals surface area contributed by atoms with Crippen LogP contribution in [0.2, 0.25) is 0 Å². The van der Waals surface area contributed by atoms with E-state index >= 15 is 0 Å². The molecule has 6 heteroatoms. The highest BCUT2D eigenvalue weighted by Crippen LogP contribution is 2.46. The fourth-order valence-electron chi connectivity index (χ4n) is 3.66. The van der Waals surface area contributed by atoms with Crippen molar-refractivity contribution in [3.8, 4) is 0 Å². The first-order chi connectivity index (χ1) is 13.4. The SMILES string of the molecule is CN1C(=CC(=O)COC(=O)c2ccc3ncsc3c2)C(C)(C)c2ccccc21. The van der Waals surface area contributed by atoms with Crippen molar-refractivity contribution in [3.05, 3.63) is 70.9 Å². The minimum absolute atomic E-state index is 0.241. The molecule has 5 nitrogen and oxygen atoms in total. The van der Waals surface area contributed by atoms with Gasteiger partial charge in [0.1, 0.15) is 0 Å². The van der Waals surface area contributed by atoms with Gasteiger partial charge in [-0.15, -0.1) is 11.3 Å². The molecule has 4 rings (SSSR count). The Morgan fingerprint density at radius 1 is 1.21 bits per heavy atom. The predicted molar refractivity (Wildman–Crippen MR) is 111 cm³/mol. The summed E-state index contributed by atoms with van der Waals surface area (Å²) in [6.45, 7) is 3.89. The number of aromatic nitrogens is 1. The van der Waals surface area contributed by atoms with Crippen LogP contribution >= 0.6 is 11.3 Å². The molecule has 0 saturated heterocycles. The standard InChI is InChI=1S/C22H20N2O3S/c1-22(2)16-6-4-5-7-18(16)24(3)20(22)11-15(25)12-27-21(26)14-8-9-17-19(10-14)28-13-23-17/h4-11,13H,12H2,1-3H3. The smallest absolute Gasteiger partial charge is 0.338 e. The first-order valence-corrected chi connectivity index (χ1v) is 9.84. The van der Waals surface area contributed by atoms with Crippen molar-refractivity contribution in [2.24, 2.45) is 0 Å². The number of esters is 1. The van der Waals surface area contributed by atoms with Crippen LogP contribution in [0.15, 0.2) is 59.7 Å². The van der Waals surface area contributed by atoms with E-state index < -0.39 is 5.97 Å². The quantitative estimate of drug-likeness (QED) is 0.488. The number of rotatable bonds is 4. The monoisotopic (exact) mass is 392 g/mol. The number of ketones is 1. The Morgan fingerprint density at radius 3 is 2.79 bits per heavy atom. The van der Waals surface area contributed by atoms with E-state index in [2.05, 4.69) is 24.9 Å². The van der Waals surface area contributed by atoms with Crippen molar-refractivity contribution >= 4 is 39.0 Å². The van der Waals surface area contributed by atoms with E-state index in [0.717, 1.165) is 21.6 Å². The zero-order valence-corrected chi connectivity index (χ0v) is 16.7. The number of thiazole rings is 1. The Bertz CT molecular complexity index is 1110. The molecule has 0 unspecified atom stereocenters. The molecular weight excluding hydrogens is 372 g/mol. The van der Waals surface area contributed by atoms with Crippen LogP contribution in [0.3, 0.4) is 0 Å². The van der Waals surface area contributed by atoms with Crippen molar-refractivity contribution in [2.75, 3.05) is 18.6 Å². The van der Waals surface area contributed by atoms with Gasteiger partial charge in [0.25, 0.3) is 0 Å². The average molecular weight is 392 g/mol. The van der Waals surface area contributed by atoms with Gasteiger partial charge >= 0.3 is 5.97 Å². The lowest BCUT2D eigenvalue weighted by Crippen LogP contribution is -2.25. The predicted octanol–water partition coefficient (Wildman–Crippen LogP) is 4.33. The summed E-state index contributed by atoms with van der Waals surface area (Å²) in [6, 6.07) is 13.3. The van der Waals surface area contributed by atoms with Crippen LogP contribution in [0.4, 0.5) is 5.69 Å². The Kier molecular flexibility index (Phi) is 4.51. The van der Waals surface area contributed by atoms with Gasteiger partial charge in [0.05, 0.1) is 21.3 Å². The van der Waals surface area contributed by atoms with Gasteiger partial charge in [-0.3, -0.25) is 4.79 Å². The number of benzene rings is 2. The second kappa shape index (κ2) is 6.87. The maximum absolute atomic E-state index is 12.5. The fraction of sp³-hybridized carbons (Fsp3) is 0.227. The molecule has 0 saturated carbocycles. The third-order valence-corrected chi connectivity index (χ3v) is 5.94. The lowest BCUT2D eigenvalue weighted by atomic mass is 9.83. The number of para-hydroxylation sites is 1. The van der Waals surface area contributed by atoms with E-state index in [-0.39, 0.29) is 17.8 Å². The number of ether oxygens (including phenoxy) is 1. The van der Waals surface area contributed by atoms with Crippen LogP contribution in [0.1, 0.15) is 29.8 Å². The summed E-state index contributed by atoms with van der Waals surface area (Å²) in [4.78, 5) is 31.0. The van der Waals surface area contributed by atoms with Crippen molar-refractivity contribution < 1.29 is 14.3 Å². The van der Waals surface area contributed by atoms with Gasteiger partial charge in [-0.1, -0.05) is 32.0 Å². The second-order valence-electron chi connectivity index (χ2n) is 7.31. The number of fused-ring (bicyclic) bond motifs is 2. The molecule has 1 aliphatic rings. The highest BCUT2D eigenvalue weighted by molar-refractivity contribution is 7.16. The summed E-state index contributed by atoms with van der Waals surface area (Å²) in [6.07, 6.45) is 1.58. The summed E-state index contributed by atoms with van der Waals surface area (Å²) in [5, 5.41) is 0. The molecule has 0 atom stereocenters. The number of likely N-dealkylation sites (N-methyl/N-ethyl adjacent to an activating group) is 1. The Labute approximate surface area is 167 Å². The second-order valence-corrected chi connectivity index (χ2v) is 8.19. The molecule has 142 valence electrons. The Hall–Kier alpha value is -2.99. The molecule has 0 radical (unpaired) electrons. The summed E-state index contributed by atoms with van der Waals surface area (Å²) >= 11 is 1.46. The molecule has 1 aliphatic heterocycles. The van der Waals surface area contributed by atoms with Gasteiger partial charge in [-0.2, -0.15) is 0 Å². The van der Waals surface area contributed by atoms with Crippen LogP contribution < -0.4 is 4.90 Å². The zero-order valence-electron chi connectivity index (χ0n) is 15.9. The number of nitrogens with zero attached hydrogens (tertiary/aromatic N) is 2. The third kappa shape index (κ3) is 3.10. The third-order valence-electron chi connectivity index (χ3n) is 5.15. The van der Waals surface area contributed by atoms with E-state index in [0.29, 0.717) is 5.56 Å². The average Bonchev–Trinajstić information content (AvgIpc) is 3.23. The minimum Gasteiger partial charge on any atom is -0.454 e. The van der Waals surface area contributed by atoms with Crippen LogP contribution in [0, 0.1) is 0 Å². The topological polar surface area (TPSA) is 59.5 Å². The van der Waals surface area contributed by atoms with E-state index in [1.807, 2.05) is 30.1 Å². The molecular formula is C22H20N2O3S. The van der Waals surface area contributed by atoms with Crippen LogP contribution in [0.5, 0.6) is 0 Å². The van der Waals surface area contributed by atoms with Crippen molar-refractivity contribution in [2.45, 2.75) is 19.3 Å². The van der Waals surface area contributed by atoms with E-state index in [1.54, 1.807) is 29.8 Å². The summed E-state index contributed by atoms with van der Waals surface area (Å²) in [7, 11) is 1.95. The first-order valence-electron chi connectivity index (χ1n) is 8.96. The number of carbonyl (C=O) groups is 2. The van der Waals surface area contributed by atoms with Gasteiger partial charge in [0.15, 0.2) is 12.4 Å². The number of anilines is 1. The van der Waals surface area contributed by atoms with Gasteiger partial charge in [-0.05, 0) is 29.8 Å². The fourth-order valence-corrected chi connectivity index (χ4v) is 4.37. The normalized spacial score (nSPS) is 16.4. The molecule has 2 heterocycles. The number of carbonyl (C=O) groups excluding carboxylic acids is 2. The maximum atomic E-state index is 12.5. The van der Waals surface area contributed by atoms with Crippen molar-refractivity contribution in [3.63, 3.8) is 0 Å². The van der Waals surface area contributed by atoms with Crippen LogP contribution in [-0.2, 0) is 14.9 Å². The zero-order chi connectivity index (χ0) is 19.9. The van der Waals surface area contributed by atoms with E-state index in [4.69, 9.17) is 4.74 Å². The maximum Gasteiger partial charge on any atom is 0.338 e. The van der Waals surface area contributed by atoms with Gasteiger partial charge in [0.2, 0.25) is 0 Å². The molecule has 2 aromatic carbocycles. The van der Waals surface area contributed by atoms with Gasteiger partial charge in [0, 0.05) is 29.9 Å². The molecule has 0 amide bonds. The Balaban J connectivity index is 1.47. The molecule has 0 aliphatic carbocycles. The van der Waals surface area contributed by atoms with Crippen molar-refractivity contribution in [1.29, 1.82) is 0 Å². The number of allylic oxidation sites excluding steroid dienone is 1. The molecule has 0 bridgehead atoms. The van der Waals surface area contributed by atoms with Crippen LogP contribution in [0.25, 0.3) is 10.2 Å². The van der Waals surface area contributed by atoms with Crippen LogP contribution in [-0.4, -0.2) is 30.4 Å². The van der Waals surface area contributed by atoms with Gasteiger partial charge < -0.3 is 9.64 Å². The summed E-state index contributed by atoms with van der Waals surface area (Å²) in [5.74, 6) is -0.751. The number of hydrogen-bond donors (Lipinski definition) is 0. The van der Waals surface area contributed by atoms with Crippen molar-refractivity contribution in [1.82, 2.24) is 4.98 Å². The lowest BCUT2D eigenvalue weighted by molar-refractivity contribution is -0.117. The van der Waals surface area contributed by atoms with E-state index in [1.165, 1.54) is 16.9 Å². The highest BCUT2D eigenvalue weighted by Gasteiger charge is 2.38. The van der Waals surface area contributed by atoms with E-state index in [9.17, 15) is 9.59 Å². The van der Waals surface area contributed by atoms with Gasteiger partial charge in [-0.25, -0.2) is 9.78 Å². The largest absolute Gasteiger partial charge is 0.454 e. The highest BCUT2D eigenvalue weighted by atomic mass is 32.1. The summed E-state index contributed by atoms with van der Waals surface area (Å²) < 4.78 is 6.15. The molecule has 1 aromatic heterocycles.